The van der Waals surface area contributed by atoms with Crippen LogP contribution in [0.2, 0.25) is 0 Å². The number of halogens is 1. The number of fused-ring (bicyclic) bond motifs is 1. The van der Waals surface area contributed by atoms with Crippen molar-refractivity contribution < 1.29 is 9.18 Å². The molecule has 1 aliphatic rings. The maximum Gasteiger partial charge on any atom is 0.272 e. The summed E-state index contributed by atoms with van der Waals surface area (Å²) in [4.78, 5) is 37.4. The van der Waals surface area contributed by atoms with Gasteiger partial charge in [0.1, 0.15) is 5.82 Å². The molecule has 1 saturated heterocycles. The molecule has 1 amide bonds. The van der Waals surface area contributed by atoms with Gasteiger partial charge in [-0.3, -0.25) is 9.59 Å². The highest BCUT2D eigenvalue weighted by molar-refractivity contribution is 5.95. The van der Waals surface area contributed by atoms with Gasteiger partial charge >= 0.3 is 0 Å². The first-order valence-corrected chi connectivity index (χ1v) is 11.0. The molecule has 34 heavy (non-hydrogen) atoms. The molecule has 0 spiro atoms. The van der Waals surface area contributed by atoms with Crippen molar-refractivity contribution >= 4 is 22.6 Å². The van der Waals surface area contributed by atoms with Crippen molar-refractivity contribution in [2.45, 2.75) is 18.9 Å². The van der Waals surface area contributed by atoms with Crippen LogP contribution in [0.1, 0.15) is 28.0 Å². The van der Waals surface area contributed by atoms with E-state index in [9.17, 15) is 14.0 Å². The highest BCUT2D eigenvalue weighted by Gasteiger charge is 2.31. The maximum atomic E-state index is 14.7. The van der Waals surface area contributed by atoms with Crippen LogP contribution in [0.3, 0.4) is 0 Å². The van der Waals surface area contributed by atoms with Crippen LogP contribution in [0.25, 0.3) is 10.8 Å². The summed E-state index contributed by atoms with van der Waals surface area (Å²) in [5.41, 5.74) is 1.17. The van der Waals surface area contributed by atoms with E-state index in [2.05, 4.69) is 20.2 Å². The number of H-pyrrole nitrogens is 1. The molecule has 2 aromatic heterocycles. The first-order valence-electron chi connectivity index (χ1n) is 11.0. The van der Waals surface area contributed by atoms with Crippen LogP contribution in [0, 0.1) is 5.82 Å². The average molecular weight is 458 g/mol. The molecular formula is C25H23FN6O2. The second-order valence-corrected chi connectivity index (χ2v) is 8.39. The van der Waals surface area contributed by atoms with Gasteiger partial charge in [0.25, 0.3) is 11.5 Å². The third-order valence-corrected chi connectivity index (χ3v) is 6.27. The van der Waals surface area contributed by atoms with E-state index in [1.165, 1.54) is 6.07 Å². The topological polar surface area (TPSA) is 95.1 Å². The van der Waals surface area contributed by atoms with Gasteiger partial charge in [-0.2, -0.15) is 5.10 Å². The smallest absolute Gasteiger partial charge is 0.272 e. The van der Waals surface area contributed by atoms with Crippen LogP contribution in [0.4, 0.5) is 10.3 Å². The third kappa shape index (κ3) is 4.12. The van der Waals surface area contributed by atoms with Gasteiger partial charge in [-0.25, -0.2) is 19.5 Å². The fraction of sp³-hybridized carbons (Fsp3) is 0.240. The van der Waals surface area contributed by atoms with Crippen molar-refractivity contribution in [3.8, 4) is 0 Å². The summed E-state index contributed by atoms with van der Waals surface area (Å²) < 4.78 is 14.7. The number of anilines is 1. The molecular weight excluding hydrogens is 435 g/mol. The van der Waals surface area contributed by atoms with Gasteiger partial charge in [0, 0.05) is 44.3 Å². The van der Waals surface area contributed by atoms with E-state index in [-0.39, 0.29) is 23.1 Å². The lowest BCUT2D eigenvalue weighted by molar-refractivity contribution is 0.0786. The number of nitrogens with zero attached hydrogens (tertiary/aromatic N) is 5. The van der Waals surface area contributed by atoms with E-state index in [4.69, 9.17) is 0 Å². The lowest BCUT2D eigenvalue weighted by atomic mass is 10.0. The van der Waals surface area contributed by atoms with Gasteiger partial charge in [-0.05, 0) is 36.2 Å². The predicted molar refractivity (Wildman–Crippen MR) is 126 cm³/mol. The normalized spacial score (nSPS) is 15.6. The molecule has 3 heterocycles. The van der Waals surface area contributed by atoms with E-state index >= 15 is 0 Å². The second kappa shape index (κ2) is 9.01. The fourth-order valence-electron chi connectivity index (χ4n) is 4.40. The maximum absolute atomic E-state index is 14.7. The van der Waals surface area contributed by atoms with Gasteiger partial charge in [-0.15, -0.1) is 0 Å². The molecule has 1 atom stereocenters. The number of likely N-dealkylation sites (tertiary alicyclic amines) is 1. The Morgan fingerprint density at radius 3 is 2.71 bits per heavy atom. The lowest BCUT2D eigenvalue weighted by Crippen LogP contribution is -2.37. The number of carbonyl (C=O) groups is 1. The number of carbonyl (C=O) groups excluding carboxylic acids is 1. The standard InChI is InChI=1S/C25H23FN6O2/c1-31(25-27-10-4-11-28-25)17-9-12-32(15-17)24(34)20-13-16(7-8-21(20)26)14-22-18-5-2-3-6-19(18)23(33)30-29-22/h2-8,10-11,13,17H,9,12,14-15H2,1H3,(H,30,33)/t17-/m0/s1. The van der Waals surface area contributed by atoms with Crippen LogP contribution < -0.4 is 10.5 Å². The van der Waals surface area contributed by atoms with Crippen LogP contribution in [0.15, 0.2) is 65.7 Å². The number of hydrogen-bond donors (Lipinski definition) is 1. The number of likely N-dealkylation sites (N-methyl/N-ethyl adjacent to an activating group) is 1. The molecule has 0 aliphatic carbocycles. The minimum atomic E-state index is -0.559. The number of aromatic amines is 1. The summed E-state index contributed by atoms with van der Waals surface area (Å²) in [7, 11) is 1.90. The van der Waals surface area contributed by atoms with Crippen LogP contribution in [0.5, 0.6) is 0 Å². The van der Waals surface area contributed by atoms with Gasteiger partial charge in [0.15, 0.2) is 0 Å². The van der Waals surface area contributed by atoms with Crippen molar-refractivity contribution in [2.75, 3.05) is 25.0 Å². The number of amides is 1. The highest BCUT2D eigenvalue weighted by Crippen LogP contribution is 2.23. The summed E-state index contributed by atoms with van der Waals surface area (Å²) in [5.74, 6) is -0.310. The van der Waals surface area contributed by atoms with E-state index < -0.39 is 5.82 Å². The number of nitrogens with one attached hydrogen (secondary N) is 1. The Balaban J connectivity index is 1.36. The Morgan fingerprint density at radius 2 is 1.91 bits per heavy atom. The van der Waals surface area contributed by atoms with Crippen molar-refractivity contribution in [1.29, 1.82) is 0 Å². The molecule has 0 bridgehead atoms. The van der Waals surface area contributed by atoms with E-state index in [1.54, 1.807) is 47.6 Å². The Bertz CT molecular complexity index is 1410. The van der Waals surface area contributed by atoms with Gasteiger partial charge in [-0.1, -0.05) is 24.3 Å². The van der Waals surface area contributed by atoms with E-state index in [0.29, 0.717) is 36.5 Å². The minimum absolute atomic E-state index is 0.0329. The number of hydrogen-bond acceptors (Lipinski definition) is 6. The largest absolute Gasteiger partial charge is 0.339 e. The SMILES string of the molecule is CN(c1ncccn1)[C@H]1CCN(C(=O)c2cc(Cc3n[nH]c(=O)c4ccccc34)ccc2F)C1. The molecule has 1 N–H and O–H groups in total. The van der Waals surface area contributed by atoms with Crippen molar-refractivity contribution in [3.05, 3.63) is 93.9 Å². The summed E-state index contributed by atoms with van der Waals surface area (Å²) in [6.45, 7) is 0.986. The first-order chi connectivity index (χ1) is 16.5. The molecule has 0 radical (unpaired) electrons. The van der Waals surface area contributed by atoms with Crippen LogP contribution >= 0.6 is 0 Å². The predicted octanol–water partition coefficient (Wildman–Crippen LogP) is 2.79. The van der Waals surface area contributed by atoms with Gasteiger partial charge in [0.05, 0.1) is 22.7 Å². The van der Waals surface area contributed by atoms with Crippen LogP contribution in [-0.2, 0) is 6.42 Å². The van der Waals surface area contributed by atoms with Crippen LogP contribution in [-0.4, -0.2) is 57.2 Å². The average Bonchev–Trinajstić information content (AvgIpc) is 3.37. The van der Waals surface area contributed by atoms with E-state index in [0.717, 1.165) is 17.4 Å². The summed E-state index contributed by atoms with van der Waals surface area (Å²) in [6.07, 6.45) is 4.46. The van der Waals surface area contributed by atoms with Gasteiger partial charge < -0.3 is 9.80 Å². The third-order valence-electron chi connectivity index (χ3n) is 6.27. The summed E-state index contributed by atoms with van der Waals surface area (Å²) >= 11 is 0. The molecule has 1 aliphatic heterocycles. The summed E-state index contributed by atoms with van der Waals surface area (Å²) in [6, 6.07) is 13.5. The van der Waals surface area contributed by atoms with Gasteiger partial charge in [0.2, 0.25) is 5.95 Å². The van der Waals surface area contributed by atoms with E-state index in [1.807, 2.05) is 24.1 Å². The highest BCUT2D eigenvalue weighted by atomic mass is 19.1. The first kappa shape index (κ1) is 21.7. The monoisotopic (exact) mass is 458 g/mol. The minimum Gasteiger partial charge on any atom is -0.339 e. The summed E-state index contributed by atoms with van der Waals surface area (Å²) in [5, 5.41) is 7.98. The number of rotatable bonds is 5. The molecule has 2 aromatic carbocycles. The molecule has 5 rings (SSSR count). The number of benzene rings is 2. The fourth-order valence-corrected chi connectivity index (χ4v) is 4.40. The van der Waals surface area contributed by atoms with Crippen molar-refractivity contribution in [1.82, 2.24) is 25.1 Å². The Morgan fingerprint density at radius 1 is 1.15 bits per heavy atom. The molecule has 9 heteroatoms. The zero-order valence-corrected chi connectivity index (χ0v) is 18.6. The molecule has 4 aromatic rings. The quantitative estimate of drug-likeness (QED) is 0.494. The Kier molecular flexibility index (Phi) is 5.75. The molecule has 1 fully saturated rings. The zero-order chi connectivity index (χ0) is 23.7. The Hall–Kier alpha value is -4.14. The Labute approximate surface area is 195 Å². The second-order valence-electron chi connectivity index (χ2n) is 8.39. The molecule has 0 saturated carbocycles. The van der Waals surface area contributed by atoms with Crippen molar-refractivity contribution in [3.63, 3.8) is 0 Å². The number of aromatic nitrogens is 4. The molecule has 0 unspecified atom stereocenters. The molecule has 172 valence electrons. The lowest BCUT2D eigenvalue weighted by Gasteiger charge is -2.24. The molecule has 8 nitrogen and oxygen atoms in total. The van der Waals surface area contributed by atoms with Crippen molar-refractivity contribution in [2.24, 2.45) is 0 Å². The zero-order valence-electron chi connectivity index (χ0n) is 18.6.